The molecule has 2 amide bonds. The fraction of sp³-hybridized carbons (Fsp3) is 0.375. The minimum absolute atomic E-state index is 0.0954. The zero-order valence-corrected chi connectivity index (χ0v) is 20.0. The summed E-state index contributed by atoms with van der Waals surface area (Å²) >= 11 is 12.2. The van der Waals surface area contributed by atoms with Crippen molar-refractivity contribution in [1.82, 2.24) is 10.6 Å². The maximum absolute atomic E-state index is 15.3. The largest absolute Gasteiger partial charge is 0.461 e. The number of esters is 1. The van der Waals surface area contributed by atoms with E-state index < -0.39 is 29.2 Å². The average molecular weight is 521 g/mol. The van der Waals surface area contributed by atoms with Crippen molar-refractivity contribution >= 4 is 46.7 Å². The molecule has 5 N–H and O–H groups in total. The molecule has 5 rings (SSSR count). The first kappa shape index (κ1) is 24.0. The van der Waals surface area contributed by atoms with Crippen molar-refractivity contribution < 1.29 is 23.5 Å². The van der Waals surface area contributed by atoms with Crippen molar-refractivity contribution in [3.8, 4) is 0 Å². The Morgan fingerprint density at radius 1 is 1.23 bits per heavy atom. The third-order valence-electron chi connectivity index (χ3n) is 7.09. The predicted octanol–water partition coefficient (Wildman–Crippen LogP) is 2.23. The van der Waals surface area contributed by atoms with Gasteiger partial charge in [-0.25, -0.2) is 4.39 Å². The van der Waals surface area contributed by atoms with Crippen LogP contribution in [0.25, 0.3) is 0 Å². The van der Waals surface area contributed by atoms with Crippen LogP contribution in [0.15, 0.2) is 36.4 Å². The molecule has 2 aromatic rings. The molecule has 1 saturated carbocycles. The van der Waals surface area contributed by atoms with Gasteiger partial charge in [-0.05, 0) is 29.3 Å². The van der Waals surface area contributed by atoms with Gasteiger partial charge in [-0.1, -0.05) is 41.4 Å². The van der Waals surface area contributed by atoms with E-state index >= 15 is 4.39 Å². The van der Waals surface area contributed by atoms with E-state index in [1.807, 2.05) is 0 Å². The van der Waals surface area contributed by atoms with Gasteiger partial charge in [0, 0.05) is 42.1 Å². The van der Waals surface area contributed by atoms with Gasteiger partial charge in [0.25, 0.3) is 0 Å². The molecule has 1 spiro atoms. The van der Waals surface area contributed by atoms with Crippen LogP contribution < -0.4 is 21.7 Å². The number of hydrogen-bond acceptors (Lipinski definition) is 6. The Morgan fingerprint density at radius 2 is 2.00 bits per heavy atom. The molecule has 1 aliphatic carbocycles. The third-order valence-corrected chi connectivity index (χ3v) is 7.61. The van der Waals surface area contributed by atoms with Crippen molar-refractivity contribution in [3.05, 3.63) is 63.4 Å². The van der Waals surface area contributed by atoms with Gasteiger partial charge in [0.05, 0.1) is 23.0 Å². The lowest BCUT2D eigenvalue weighted by atomic mass is 9.68. The summed E-state index contributed by atoms with van der Waals surface area (Å²) < 4.78 is 20.5. The number of anilines is 1. The third kappa shape index (κ3) is 3.96. The predicted molar refractivity (Wildman–Crippen MR) is 128 cm³/mol. The fourth-order valence-electron chi connectivity index (χ4n) is 5.39. The molecule has 2 fully saturated rings. The zero-order chi connectivity index (χ0) is 24.9. The van der Waals surface area contributed by atoms with Gasteiger partial charge in [-0.15, -0.1) is 0 Å². The molecule has 1 saturated heterocycles. The number of amides is 2. The second kappa shape index (κ2) is 9.05. The second-order valence-electron chi connectivity index (χ2n) is 9.09. The summed E-state index contributed by atoms with van der Waals surface area (Å²) in [6.45, 7) is -0.0905. The number of halogens is 3. The van der Waals surface area contributed by atoms with E-state index in [-0.39, 0.29) is 47.6 Å². The van der Waals surface area contributed by atoms with E-state index in [0.29, 0.717) is 29.1 Å². The van der Waals surface area contributed by atoms with E-state index in [4.69, 9.17) is 33.7 Å². The highest BCUT2D eigenvalue weighted by Crippen LogP contribution is 2.52. The van der Waals surface area contributed by atoms with E-state index in [1.165, 1.54) is 6.07 Å². The highest BCUT2D eigenvalue weighted by Gasteiger charge is 2.61. The molecule has 184 valence electrons. The Morgan fingerprint density at radius 3 is 2.74 bits per heavy atom. The summed E-state index contributed by atoms with van der Waals surface area (Å²) in [5.74, 6) is -2.78. The fourth-order valence-corrected chi connectivity index (χ4v) is 5.74. The maximum Gasteiger partial charge on any atom is 0.319 e. The summed E-state index contributed by atoms with van der Waals surface area (Å²) in [6.07, 6.45) is 0.596. The zero-order valence-electron chi connectivity index (χ0n) is 18.4. The Kier molecular flexibility index (Phi) is 6.21. The van der Waals surface area contributed by atoms with E-state index in [1.54, 1.807) is 30.3 Å². The monoisotopic (exact) mass is 520 g/mol. The highest BCUT2D eigenvalue weighted by atomic mass is 35.5. The van der Waals surface area contributed by atoms with Crippen molar-refractivity contribution in [1.29, 1.82) is 0 Å². The number of carbonyl (C=O) groups is 3. The van der Waals surface area contributed by atoms with Gasteiger partial charge >= 0.3 is 5.97 Å². The summed E-state index contributed by atoms with van der Waals surface area (Å²) in [7, 11) is 0. The minimum atomic E-state index is -1.24. The topological polar surface area (TPSA) is 123 Å². The lowest BCUT2D eigenvalue weighted by Gasteiger charge is -2.37. The van der Waals surface area contributed by atoms with Crippen LogP contribution in [0, 0.1) is 5.82 Å². The molecule has 35 heavy (non-hydrogen) atoms. The van der Waals surface area contributed by atoms with E-state index in [2.05, 4.69) is 16.0 Å². The number of ether oxygens (including phenoxy) is 1. The first-order valence-corrected chi connectivity index (χ1v) is 12.0. The van der Waals surface area contributed by atoms with Crippen LogP contribution in [0.5, 0.6) is 0 Å². The Hall–Kier alpha value is -2.72. The van der Waals surface area contributed by atoms with Crippen molar-refractivity contribution in [2.45, 2.75) is 42.4 Å². The SMILES string of the molecule is NCC(=O)OC1CC(NC(=O)[C@@H]2NC[C@]3(C(=O)Nc4cc(Cl)ccc43)[C@H]2c2cccc(Cl)c2F)C1. The van der Waals surface area contributed by atoms with Gasteiger partial charge in [-0.3, -0.25) is 14.4 Å². The highest BCUT2D eigenvalue weighted by molar-refractivity contribution is 6.31. The molecule has 0 bridgehead atoms. The standard InChI is InChI=1S/C24H23Cl2FN4O4/c25-11-4-5-15-17(6-11)31-23(34)24(15)10-29-21(19(24)14-2-1-3-16(26)20(14)27)22(33)30-12-7-13(8-12)35-18(32)9-28/h1-6,12-13,19,21,29H,7-10,28H2,(H,30,33)(H,31,34)/t12?,13?,19-,21+,24+/m0/s1. The molecule has 11 heteroatoms. The van der Waals surface area contributed by atoms with Gasteiger partial charge in [0.15, 0.2) is 0 Å². The first-order chi connectivity index (χ1) is 16.7. The number of carbonyl (C=O) groups excluding carboxylic acids is 3. The summed E-state index contributed by atoms with van der Waals surface area (Å²) in [6, 6.07) is 8.47. The van der Waals surface area contributed by atoms with Crippen LogP contribution in [0.4, 0.5) is 10.1 Å². The molecule has 0 radical (unpaired) electrons. The van der Waals surface area contributed by atoms with Crippen molar-refractivity contribution in [2.75, 3.05) is 18.4 Å². The lowest BCUT2D eigenvalue weighted by molar-refractivity contribution is -0.152. The molecular formula is C24H23Cl2FN4O4. The van der Waals surface area contributed by atoms with Gasteiger partial charge in [0.1, 0.15) is 11.9 Å². The number of hydrogen-bond donors (Lipinski definition) is 4. The lowest BCUT2D eigenvalue weighted by Crippen LogP contribution is -2.54. The smallest absolute Gasteiger partial charge is 0.319 e. The van der Waals surface area contributed by atoms with Crippen molar-refractivity contribution in [3.63, 3.8) is 0 Å². The van der Waals surface area contributed by atoms with E-state index in [0.717, 1.165) is 0 Å². The van der Waals surface area contributed by atoms with Gasteiger partial charge in [-0.2, -0.15) is 0 Å². The van der Waals surface area contributed by atoms with Crippen LogP contribution in [0.3, 0.4) is 0 Å². The average Bonchev–Trinajstić information content (AvgIpc) is 3.32. The Labute approximate surface area is 210 Å². The summed E-state index contributed by atoms with van der Waals surface area (Å²) in [5.41, 5.74) is 5.36. The molecule has 8 nitrogen and oxygen atoms in total. The number of nitrogens with one attached hydrogen (secondary N) is 3. The molecule has 3 atom stereocenters. The maximum atomic E-state index is 15.3. The molecule has 0 unspecified atom stereocenters. The molecule has 2 aliphatic heterocycles. The molecule has 0 aromatic heterocycles. The van der Waals surface area contributed by atoms with Crippen molar-refractivity contribution in [2.24, 2.45) is 5.73 Å². The first-order valence-electron chi connectivity index (χ1n) is 11.2. The number of fused-ring (bicyclic) bond motifs is 2. The number of rotatable bonds is 5. The number of nitrogens with two attached hydrogens (primary N) is 1. The van der Waals surface area contributed by atoms with E-state index in [9.17, 15) is 14.4 Å². The Bertz CT molecular complexity index is 1220. The number of benzene rings is 2. The van der Waals surface area contributed by atoms with Crippen LogP contribution in [0.2, 0.25) is 10.0 Å². The molecule has 2 aromatic carbocycles. The normalized spacial score (nSPS) is 28.9. The summed E-state index contributed by atoms with van der Waals surface area (Å²) in [4.78, 5) is 38.2. The summed E-state index contributed by atoms with van der Waals surface area (Å²) in [5, 5.41) is 9.29. The molecule has 3 aliphatic rings. The molecule has 2 heterocycles. The molecular weight excluding hydrogens is 498 g/mol. The van der Waals surface area contributed by atoms with Crippen LogP contribution in [-0.4, -0.2) is 49.1 Å². The quantitative estimate of drug-likeness (QED) is 0.448. The van der Waals surface area contributed by atoms with Crippen LogP contribution in [0.1, 0.15) is 29.9 Å². The Balaban J connectivity index is 1.47. The van der Waals surface area contributed by atoms with Gasteiger partial charge < -0.3 is 26.4 Å². The van der Waals surface area contributed by atoms with Gasteiger partial charge in [0.2, 0.25) is 11.8 Å². The minimum Gasteiger partial charge on any atom is -0.461 e. The van der Waals surface area contributed by atoms with Crippen LogP contribution in [-0.2, 0) is 24.5 Å². The van der Waals surface area contributed by atoms with Crippen LogP contribution >= 0.6 is 23.2 Å². The second-order valence-corrected chi connectivity index (χ2v) is 9.93.